The van der Waals surface area contributed by atoms with Gasteiger partial charge < -0.3 is 9.84 Å². The minimum absolute atomic E-state index is 0.348. The monoisotopic (exact) mass is 290 g/mol. The maximum atomic E-state index is 13.3. The van der Waals surface area contributed by atoms with Gasteiger partial charge in [-0.15, -0.1) is 0 Å². The van der Waals surface area contributed by atoms with Crippen LogP contribution in [0.15, 0.2) is 36.7 Å². The zero-order valence-corrected chi connectivity index (χ0v) is 11.5. The number of hydrogen-bond acceptors (Lipinski definition) is 3. The van der Waals surface area contributed by atoms with Crippen molar-refractivity contribution in [3.63, 3.8) is 0 Å². The third-order valence-electron chi connectivity index (χ3n) is 2.67. The van der Waals surface area contributed by atoms with E-state index in [0.29, 0.717) is 17.1 Å². The molecule has 0 fully saturated rings. The SMILES string of the molecule is CCCn1cc(Oc2ccc(F)cc2/C=C/C(=O)O)cn1. The second-order valence-electron chi connectivity index (χ2n) is 4.39. The van der Waals surface area contributed by atoms with Crippen LogP contribution < -0.4 is 4.74 Å². The molecule has 2 rings (SSSR count). The fourth-order valence-corrected chi connectivity index (χ4v) is 1.78. The van der Waals surface area contributed by atoms with Crippen LogP contribution in [-0.2, 0) is 11.3 Å². The number of carboxylic acid groups (broad SMARTS) is 1. The molecule has 1 N–H and O–H groups in total. The highest BCUT2D eigenvalue weighted by atomic mass is 19.1. The molecule has 0 unspecified atom stereocenters. The highest BCUT2D eigenvalue weighted by molar-refractivity contribution is 5.85. The van der Waals surface area contributed by atoms with Crippen LogP contribution in [0.2, 0.25) is 0 Å². The van der Waals surface area contributed by atoms with Gasteiger partial charge in [-0.05, 0) is 30.7 Å². The van der Waals surface area contributed by atoms with E-state index in [-0.39, 0.29) is 0 Å². The molecule has 6 heteroatoms. The number of ether oxygens (including phenoxy) is 1. The van der Waals surface area contributed by atoms with Crippen molar-refractivity contribution in [1.82, 2.24) is 9.78 Å². The first kappa shape index (κ1) is 14.8. The lowest BCUT2D eigenvalue weighted by Gasteiger charge is -2.06. The van der Waals surface area contributed by atoms with Crippen molar-refractivity contribution in [2.75, 3.05) is 0 Å². The van der Waals surface area contributed by atoms with E-state index in [1.165, 1.54) is 24.3 Å². The van der Waals surface area contributed by atoms with Gasteiger partial charge in [0.1, 0.15) is 11.6 Å². The second kappa shape index (κ2) is 6.69. The van der Waals surface area contributed by atoms with Gasteiger partial charge in [0, 0.05) is 18.2 Å². The number of aromatic nitrogens is 2. The van der Waals surface area contributed by atoms with E-state index in [0.717, 1.165) is 19.0 Å². The minimum Gasteiger partial charge on any atom is -0.478 e. The Morgan fingerprint density at radius 3 is 3.05 bits per heavy atom. The lowest BCUT2D eigenvalue weighted by atomic mass is 10.2. The number of aryl methyl sites for hydroxylation is 1. The fourth-order valence-electron chi connectivity index (χ4n) is 1.78. The highest BCUT2D eigenvalue weighted by Crippen LogP contribution is 2.27. The molecule has 0 atom stereocenters. The smallest absolute Gasteiger partial charge is 0.328 e. The molecule has 0 bridgehead atoms. The van der Waals surface area contributed by atoms with Crippen LogP contribution in [0.5, 0.6) is 11.5 Å². The molecule has 0 radical (unpaired) electrons. The van der Waals surface area contributed by atoms with Crippen LogP contribution in [0.4, 0.5) is 4.39 Å². The van der Waals surface area contributed by atoms with E-state index in [2.05, 4.69) is 5.10 Å². The van der Waals surface area contributed by atoms with Crippen LogP contribution in [0, 0.1) is 5.82 Å². The van der Waals surface area contributed by atoms with Crippen LogP contribution in [-0.4, -0.2) is 20.9 Å². The zero-order valence-electron chi connectivity index (χ0n) is 11.5. The Balaban J connectivity index is 2.23. The third-order valence-corrected chi connectivity index (χ3v) is 2.67. The maximum Gasteiger partial charge on any atom is 0.328 e. The Hall–Kier alpha value is -2.63. The van der Waals surface area contributed by atoms with E-state index < -0.39 is 11.8 Å². The summed E-state index contributed by atoms with van der Waals surface area (Å²) in [5.74, 6) is -0.694. The molecule has 0 spiro atoms. The van der Waals surface area contributed by atoms with Gasteiger partial charge in [0.2, 0.25) is 0 Å². The van der Waals surface area contributed by atoms with Crippen molar-refractivity contribution in [2.24, 2.45) is 0 Å². The van der Waals surface area contributed by atoms with Gasteiger partial charge in [-0.3, -0.25) is 4.68 Å². The first-order chi connectivity index (χ1) is 10.1. The summed E-state index contributed by atoms with van der Waals surface area (Å²) >= 11 is 0. The van der Waals surface area contributed by atoms with Crippen LogP contribution in [0.25, 0.3) is 6.08 Å². The fraction of sp³-hybridized carbons (Fsp3) is 0.200. The number of rotatable bonds is 6. The number of carboxylic acids is 1. The molecular weight excluding hydrogens is 275 g/mol. The van der Waals surface area contributed by atoms with Gasteiger partial charge in [-0.25, -0.2) is 9.18 Å². The lowest BCUT2D eigenvalue weighted by Crippen LogP contribution is -1.95. The summed E-state index contributed by atoms with van der Waals surface area (Å²) < 4.78 is 20.6. The molecule has 2 aromatic rings. The van der Waals surface area contributed by atoms with Gasteiger partial charge in [0.15, 0.2) is 5.75 Å². The number of halogens is 1. The summed E-state index contributed by atoms with van der Waals surface area (Å²) in [5.41, 5.74) is 0.348. The summed E-state index contributed by atoms with van der Waals surface area (Å²) in [5, 5.41) is 12.8. The summed E-state index contributed by atoms with van der Waals surface area (Å²) in [4.78, 5) is 10.6. The highest BCUT2D eigenvalue weighted by Gasteiger charge is 2.07. The van der Waals surface area contributed by atoms with Crippen molar-refractivity contribution in [3.8, 4) is 11.5 Å². The predicted octanol–water partition coefficient (Wildman–Crippen LogP) is 3.32. The average Bonchev–Trinajstić information content (AvgIpc) is 2.87. The molecular formula is C15H15FN2O3. The molecule has 0 saturated heterocycles. The van der Waals surface area contributed by atoms with Crippen molar-refractivity contribution < 1.29 is 19.0 Å². The molecule has 0 aliphatic rings. The summed E-state index contributed by atoms with van der Waals surface area (Å²) in [6.07, 6.45) is 6.46. The molecule has 0 aliphatic heterocycles. The number of benzene rings is 1. The molecule has 21 heavy (non-hydrogen) atoms. The summed E-state index contributed by atoms with van der Waals surface area (Å²) in [7, 11) is 0. The van der Waals surface area contributed by atoms with Gasteiger partial charge in [-0.1, -0.05) is 6.92 Å². The number of carbonyl (C=O) groups is 1. The second-order valence-corrected chi connectivity index (χ2v) is 4.39. The average molecular weight is 290 g/mol. The maximum absolute atomic E-state index is 13.3. The first-order valence-corrected chi connectivity index (χ1v) is 6.49. The van der Waals surface area contributed by atoms with Crippen LogP contribution in [0.1, 0.15) is 18.9 Å². The van der Waals surface area contributed by atoms with Crippen LogP contribution in [0.3, 0.4) is 0 Å². The minimum atomic E-state index is -1.11. The molecule has 5 nitrogen and oxygen atoms in total. The Labute approximate surface area is 121 Å². The van der Waals surface area contributed by atoms with Gasteiger partial charge >= 0.3 is 5.97 Å². The number of hydrogen-bond donors (Lipinski definition) is 1. The van der Waals surface area contributed by atoms with E-state index >= 15 is 0 Å². The van der Waals surface area contributed by atoms with Gasteiger partial charge in [0.05, 0.1) is 12.4 Å². The molecule has 110 valence electrons. The van der Waals surface area contributed by atoms with Gasteiger partial charge in [0.25, 0.3) is 0 Å². The number of aliphatic carboxylic acids is 1. The molecule has 1 aromatic heterocycles. The van der Waals surface area contributed by atoms with E-state index in [4.69, 9.17) is 9.84 Å². The van der Waals surface area contributed by atoms with E-state index in [1.807, 2.05) is 6.92 Å². The van der Waals surface area contributed by atoms with Crippen LogP contribution >= 0.6 is 0 Å². The molecule has 0 aliphatic carbocycles. The first-order valence-electron chi connectivity index (χ1n) is 6.49. The predicted molar refractivity (Wildman–Crippen MR) is 75.7 cm³/mol. The molecule has 0 amide bonds. The summed E-state index contributed by atoms with van der Waals surface area (Å²) in [6, 6.07) is 3.92. The molecule has 1 aromatic carbocycles. The largest absolute Gasteiger partial charge is 0.478 e. The normalized spacial score (nSPS) is 11.0. The van der Waals surface area contributed by atoms with Crippen molar-refractivity contribution in [2.45, 2.75) is 19.9 Å². The van der Waals surface area contributed by atoms with Crippen molar-refractivity contribution in [3.05, 3.63) is 48.0 Å². The number of nitrogens with zero attached hydrogens (tertiary/aromatic N) is 2. The molecule has 1 heterocycles. The Morgan fingerprint density at radius 2 is 2.33 bits per heavy atom. The quantitative estimate of drug-likeness (QED) is 0.829. The molecule has 0 saturated carbocycles. The summed E-state index contributed by atoms with van der Waals surface area (Å²) in [6.45, 7) is 2.82. The van der Waals surface area contributed by atoms with E-state index in [1.54, 1.807) is 17.1 Å². The standard InChI is InChI=1S/C15H15FN2O3/c1-2-7-18-10-13(9-17-18)21-14-5-4-12(16)8-11(14)3-6-15(19)20/h3-6,8-10H,2,7H2,1H3,(H,19,20)/b6-3+. The lowest BCUT2D eigenvalue weighted by molar-refractivity contribution is -0.131. The van der Waals surface area contributed by atoms with Crippen molar-refractivity contribution >= 4 is 12.0 Å². The van der Waals surface area contributed by atoms with Gasteiger partial charge in [-0.2, -0.15) is 5.10 Å². The zero-order chi connectivity index (χ0) is 15.2. The third kappa shape index (κ3) is 4.17. The van der Waals surface area contributed by atoms with E-state index in [9.17, 15) is 9.18 Å². The van der Waals surface area contributed by atoms with Crippen molar-refractivity contribution in [1.29, 1.82) is 0 Å². The Kier molecular flexibility index (Phi) is 4.71. The Morgan fingerprint density at radius 1 is 1.52 bits per heavy atom. The topological polar surface area (TPSA) is 64.3 Å². The Bertz CT molecular complexity index is 665.